The zero-order valence-electron chi connectivity index (χ0n) is 26.7. The standard InChI is InChI=1S/C27H46N7O10PS/c1-6-41-20(37)9-10-30-45(40,42-11-12-46-25(39)27(4,5)14-35)43-13-19(22(38)16(2)36)44-17(3)34-15-29-21-23(31-18-7-8-18)32-26(28)33-24(21)34/h15-19,22,35-36,38H,6-14H2,1-5H3,(H,30,40)(H3,28,31,32,33)/t16?,17?,19-,22?,45?/m1/s1. The number of hydrogen-bond acceptors (Lipinski definition) is 16. The fraction of sp³-hybridized carbons (Fsp3) is 0.741. The Balaban J connectivity index is 1.73. The zero-order valence-corrected chi connectivity index (χ0v) is 28.5. The van der Waals surface area contributed by atoms with Crippen LogP contribution in [0.5, 0.6) is 0 Å². The molecule has 0 amide bonds. The van der Waals surface area contributed by atoms with E-state index in [-0.39, 0.29) is 55.6 Å². The summed E-state index contributed by atoms with van der Waals surface area (Å²) in [7, 11) is -4.16. The Kier molecular flexibility index (Phi) is 14.2. The van der Waals surface area contributed by atoms with E-state index in [0.29, 0.717) is 17.0 Å². The first-order chi connectivity index (χ1) is 21.7. The number of thioether (sulfide) groups is 1. The molecule has 2 heterocycles. The van der Waals surface area contributed by atoms with E-state index in [1.807, 2.05) is 0 Å². The number of hydrogen-bond donors (Lipinski definition) is 6. The summed E-state index contributed by atoms with van der Waals surface area (Å²) < 4.78 is 37.5. The second kappa shape index (κ2) is 17.1. The molecule has 17 nitrogen and oxygen atoms in total. The maximum atomic E-state index is 13.7. The number of carbonyl (C=O) groups excluding carboxylic acids is 2. The lowest BCUT2D eigenvalue weighted by atomic mass is 9.97. The SMILES string of the molecule is CCOC(=O)CCNP(=O)(OCCSC(=O)C(C)(C)CO)OC[C@@H](OC(C)n1cnc2c(NC3CC3)nc(N)nc21)C(O)C(C)O. The van der Waals surface area contributed by atoms with Crippen LogP contribution in [0.3, 0.4) is 0 Å². The van der Waals surface area contributed by atoms with Gasteiger partial charge in [0.15, 0.2) is 22.1 Å². The Morgan fingerprint density at radius 3 is 2.59 bits per heavy atom. The minimum absolute atomic E-state index is 0.0280. The Morgan fingerprint density at radius 1 is 1.24 bits per heavy atom. The number of aliphatic hydroxyl groups excluding tert-OH is 3. The molecule has 4 unspecified atom stereocenters. The summed E-state index contributed by atoms with van der Waals surface area (Å²) in [6.45, 7) is 6.88. The van der Waals surface area contributed by atoms with E-state index < -0.39 is 50.3 Å². The lowest BCUT2D eigenvalue weighted by molar-refractivity contribution is -0.143. The van der Waals surface area contributed by atoms with Gasteiger partial charge in [0, 0.05) is 18.3 Å². The normalized spacial score (nSPS) is 17.7. The van der Waals surface area contributed by atoms with Gasteiger partial charge in [0.25, 0.3) is 0 Å². The molecular weight excluding hydrogens is 645 g/mol. The van der Waals surface area contributed by atoms with Gasteiger partial charge >= 0.3 is 13.7 Å². The van der Waals surface area contributed by atoms with Gasteiger partial charge in [-0.2, -0.15) is 9.97 Å². The van der Waals surface area contributed by atoms with Gasteiger partial charge in [0.05, 0.1) is 50.7 Å². The molecule has 1 saturated carbocycles. The van der Waals surface area contributed by atoms with Crippen molar-refractivity contribution in [3.8, 4) is 0 Å². The Morgan fingerprint density at radius 2 is 1.96 bits per heavy atom. The van der Waals surface area contributed by atoms with E-state index in [1.165, 1.54) is 13.3 Å². The third-order valence-electron chi connectivity index (χ3n) is 6.87. The fourth-order valence-corrected chi connectivity index (χ4v) is 6.20. The summed E-state index contributed by atoms with van der Waals surface area (Å²) in [6, 6.07) is 0.286. The number of aromatic nitrogens is 4. The molecule has 0 radical (unpaired) electrons. The molecule has 2 aromatic heterocycles. The van der Waals surface area contributed by atoms with Crippen LogP contribution >= 0.6 is 19.5 Å². The maximum Gasteiger partial charge on any atom is 0.405 e. The van der Waals surface area contributed by atoms with Crippen LogP contribution in [0.25, 0.3) is 11.2 Å². The van der Waals surface area contributed by atoms with Crippen LogP contribution < -0.4 is 16.1 Å². The molecule has 0 aromatic carbocycles. The molecular formula is C27H46N7O10PS. The monoisotopic (exact) mass is 691 g/mol. The number of anilines is 2. The topological polar surface area (TPSA) is 242 Å². The van der Waals surface area contributed by atoms with E-state index in [9.17, 15) is 29.5 Å². The van der Waals surface area contributed by atoms with Gasteiger partial charge in [-0.3, -0.25) is 23.2 Å². The van der Waals surface area contributed by atoms with Gasteiger partial charge in [-0.25, -0.2) is 14.6 Å². The van der Waals surface area contributed by atoms with Crippen LogP contribution in [0.2, 0.25) is 0 Å². The van der Waals surface area contributed by atoms with Gasteiger partial charge < -0.3 is 35.8 Å². The highest BCUT2D eigenvalue weighted by Gasteiger charge is 2.34. The molecule has 1 aliphatic rings. The Bertz CT molecular complexity index is 1360. The van der Waals surface area contributed by atoms with Crippen LogP contribution in [-0.4, -0.2) is 109 Å². The molecule has 0 spiro atoms. The molecule has 46 heavy (non-hydrogen) atoms. The van der Waals surface area contributed by atoms with Crippen LogP contribution in [0, 0.1) is 5.41 Å². The Hall–Kier alpha value is -2.41. The summed E-state index contributed by atoms with van der Waals surface area (Å²) in [4.78, 5) is 37.2. The first-order valence-corrected chi connectivity index (χ1v) is 17.6. The van der Waals surface area contributed by atoms with E-state index in [1.54, 1.807) is 32.3 Å². The molecule has 0 aliphatic heterocycles. The van der Waals surface area contributed by atoms with Crippen molar-refractivity contribution < 1.29 is 48.0 Å². The largest absolute Gasteiger partial charge is 0.466 e. The van der Waals surface area contributed by atoms with Crippen molar-refractivity contribution in [3.63, 3.8) is 0 Å². The molecule has 0 saturated heterocycles. The van der Waals surface area contributed by atoms with E-state index in [4.69, 9.17) is 24.3 Å². The summed E-state index contributed by atoms with van der Waals surface area (Å²) in [6.07, 6.45) is -1.44. The predicted molar refractivity (Wildman–Crippen MR) is 171 cm³/mol. The first kappa shape index (κ1) is 38.0. The van der Waals surface area contributed by atoms with Crippen LogP contribution in [0.1, 0.15) is 60.1 Å². The zero-order chi connectivity index (χ0) is 34.1. The van der Waals surface area contributed by atoms with Crippen molar-refractivity contribution in [2.24, 2.45) is 5.41 Å². The summed E-state index contributed by atoms with van der Waals surface area (Å²) in [5.41, 5.74) is 5.84. The van der Waals surface area contributed by atoms with Gasteiger partial charge in [0.1, 0.15) is 18.4 Å². The Labute approximate surface area is 271 Å². The molecule has 260 valence electrons. The minimum Gasteiger partial charge on any atom is -0.466 e. The van der Waals surface area contributed by atoms with Crippen LogP contribution in [0.15, 0.2) is 6.33 Å². The lowest BCUT2D eigenvalue weighted by Crippen LogP contribution is -2.42. The van der Waals surface area contributed by atoms with E-state index in [0.717, 1.165) is 24.6 Å². The van der Waals surface area contributed by atoms with Crippen molar-refractivity contribution in [2.75, 3.05) is 49.8 Å². The highest BCUT2D eigenvalue weighted by Crippen LogP contribution is 2.44. The van der Waals surface area contributed by atoms with E-state index >= 15 is 0 Å². The lowest BCUT2D eigenvalue weighted by Gasteiger charge is -2.30. The van der Waals surface area contributed by atoms with Gasteiger partial charge in [0.2, 0.25) is 5.95 Å². The summed E-state index contributed by atoms with van der Waals surface area (Å²) in [5.74, 6) is 0.0893. The van der Waals surface area contributed by atoms with Crippen molar-refractivity contribution >= 4 is 53.5 Å². The summed E-state index contributed by atoms with van der Waals surface area (Å²) in [5, 5.41) is 36.0. The molecule has 2 aromatic rings. The predicted octanol–water partition coefficient (Wildman–Crippen LogP) is 1.59. The highest BCUT2D eigenvalue weighted by atomic mass is 32.2. The van der Waals surface area contributed by atoms with Gasteiger partial charge in [-0.15, -0.1) is 0 Å². The molecule has 1 fully saturated rings. The maximum absolute atomic E-state index is 13.7. The number of fused-ring (bicyclic) bond motifs is 1. The quantitative estimate of drug-likeness (QED) is 0.0618. The second-order valence-electron chi connectivity index (χ2n) is 11.4. The number of nitrogens with two attached hydrogens (primary N) is 1. The smallest absolute Gasteiger partial charge is 0.405 e. The number of nitrogens with zero attached hydrogens (tertiary/aromatic N) is 4. The van der Waals surface area contributed by atoms with E-state index in [2.05, 4.69) is 25.4 Å². The highest BCUT2D eigenvalue weighted by molar-refractivity contribution is 8.13. The number of nitrogen functional groups attached to an aromatic ring is 1. The average Bonchev–Trinajstić information content (AvgIpc) is 3.71. The fourth-order valence-electron chi connectivity index (χ4n) is 3.95. The molecule has 0 bridgehead atoms. The number of rotatable bonds is 21. The molecule has 3 rings (SSSR count). The minimum atomic E-state index is -4.16. The molecule has 19 heteroatoms. The first-order valence-electron chi connectivity index (χ1n) is 15.1. The van der Waals surface area contributed by atoms with Crippen molar-refractivity contribution in [2.45, 2.75) is 84.5 Å². The number of imidazole rings is 1. The summed E-state index contributed by atoms with van der Waals surface area (Å²) >= 11 is 0.901. The third-order valence-corrected chi connectivity index (χ3v) is 9.68. The van der Waals surface area contributed by atoms with Gasteiger partial charge in [-0.05, 0) is 47.5 Å². The van der Waals surface area contributed by atoms with Crippen molar-refractivity contribution in [1.29, 1.82) is 0 Å². The number of nitrogens with one attached hydrogen (secondary N) is 2. The molecule has 7 N–H and O–H groups in total. The number of ether oxygens (including phenoxy) is 2. The molecule has 1 aliphatic carbocycles. The van der Waals surface area contributed by atoms with Crippen LogP contribution in [-0.2, 0) is 32.7 Å². The third kappa shape index (κ3) is 11.1. The van der Waals surface area contributed by atoms with Crippen LogP contribution in [0.4, 0.5) is 11.8 Å². The number of esters is 1. The van der Waals surface area contributed by atoms with Crippen molar-refractivity contribution in [3.05, 3.63) is 6.33 Å². The number of carbonyl (C=O) groups is 2. The second-order valence-corrected chi connectivity index (χ2v) is 14.3. The molecule has 5 atom stereocenters. The van der Waals surface area contributed by atoms with Gasteiger partial charge in [-0.1, -0.05) is 11.8 Å². The number of aliphatic hydroxyl groups is 3. The average molecular weight is 692 g/mol. The van der Waals surface area contributed by atoms with Crippen molar-refractivity contribution in [1.82, 2.24) is 24.6 Å².